The summed E-state index contributed by atoms with van der Waals surface area (Å²) in [4.78, 5) is 13.4. The van der Waals surface area contributed by atoms with Gasteiger partial charge in [0.05, 0.1) is 32.0 Å². The van der Waals surface area contributed by atoms with E-state index in [9.17, 15) is 45.6 Å². The van der Waals surface area contributed by atoms with Crippen molar-refractivity contribution >= 4 is 5.91 Å². The van der Waals surface area contributed by atoms with Crippen LogP contribution in [0.4, 0.5) is 0 Å². The van der Waals surface area contributed by atoms with E-state index in [4.69, 9.17) is 18.9 Å². The second-order valence-corrected chi connectivity index (χ2v) is 27.8. The molecule has 0 aromatic rings. The standard InChI is InChI=1S/C78H147NO13/c1-3-5-7-9-11-13-15-17-19-21-23-25-27-28-29-30-31-32-33-34-35-36-37-38-39-40-42-44-46-48-50-52-54-56-58-60-62-70(83)79-66(65-89-77-75(88)73(86)76(69(64-81)91-77)92-78-74(87)72(85)71(84)68(63-80)90-78)67(82)61-59-57-55-53-51-49-47-45-43-41-26-24-22-20-18-16-14-12-10-8-6-4-2/h43,45,51,53,59,61,66-69,71-78,80-82,84-88H,3-42,44,46-50,52,54-58,60,62-65H2,1-2H3,(H,79,83)/b45-43+,53-51+,61-59+. The van der Waals surface area contributed by atoms with Crippen molar-refractivity contribution in [1.82, 2.24) is 5.32 Å². The summed E-state index contributed by atoms with van der Waals surface area (Å²) in [6.07, 6.45) is 65.3. The molecule has 0 radical (unpaired) electrons. The molecule has 2 fully saturated rings. The van der Waals surface area contributed by atoms with Crippen molar-refractivity contribution in [2.75, 3.05) is 19.8 Å². The van der Waals surface area contributed by atoms with Crippen LogP contribution in [0.5, 0.6) is 0 Å². The Morgan fingerprint density at radius 1 is 0.380 bits per heavy atom. The minimum atomic E-state index is -1.79. The Hall–Kier alpha value is -1.79. The van der Waals surface area contributed by atoms with E-state index in [0.717, 1.165) is 44.9 Å². The number of aliphatic hydroxyl groups excluding tert-OH is 8. The van der Waals surface area contributed by atoms with Crippen LogP contribution in [-0.4, -0.2) is 140 Å². The Balaban J connectivity index is 1.61. The number of carbonyl (C=O) groups excluding carboxylic acids is 1. The Bertz CT molecular complexity index is 1680. The van der Waals surface area contributed by atoms with Gasteiger partial charge in [-0.05, 0) is 44.9 Å². The van der Waals surface area contributed by atoms with Crippen molar-refractivity contribution in [2.24, 2.45) is 0 Å². The number of nitrogens with one attached hydrogen (secondary N) is 1. The van der Waals surface area contributed by atoms with Crippen molar-refractivity contribution in [3.8, 4) is 0 Å². The molecule has 14 nitrogen and oxygen atoms in total. The minimum absolute atomic E-state index is 0.246. The highest BCUT2D eigenvalue weighted by molar-refractivity contribution is 5.76. The van der Waals surface area contributed by atoms with Crippen molar-refractivity contribution in [1.29, 1.82) is 0 Å². The maximum absolute atomic E-state index is 13.4. The molecular formula is C78H147NO13. The van der Waals surface area contributed by atoms with Crippen LogP contribution in [0.25, 0.3) is 0 Å². The van der Waals surface area contributed by atoms with E-state index in [1.807, 2.05) is 6.08 Å². The molecule has 12 unspecified atom stereocenters. The fourth-order valence-corrected chi connectivity index (χ4v) is 13.1. The third-order valence-corrected chi connectivity index (χ3v) is 19.3. The third kappa shape index (κ3) is 45.7. The van der Waals surface area contributed by atoms with Crippen molar-refractivity contribution in [3.63, 3.8) is 0 Å². The van der Waals surface area contributed by atoms with E-state index in [-0.39, 0.29) is 18.9 Å². The van der Waals surface area contributed by atoms with Gasteiger partial charge in [-0.1, -0.05) is 346 Å². The summed E-state index contributed by atoms with van der Waals surface area (Å²) >= 11 is 0. The monoisotopic (exact) mass is 1310 g/mol. The molecule has 2 aliphatic heterocycles. The van der Waals surface area contributed by atoms with Gasteiger partial charge in [0.2, 0.25) is 5.91 Å². The highest BCUT2D eigenvalue weighted by atomic mass is 16.7. The molecule has 2 aliphatic rings. The van der Waals surface area contributed by atoms with Gasteiger partial charge < -0.3 is 65.1 Å². The molecule has 92 heavy (non-hydrogen) atoms. The van der Waals surface area contributed by atoms with Crippen LogP contribution >= 0.6 is 0 Å². The van der Waals surface area contributed by atoms with Crippen molar-refractivity contribution in [3.05, 3.63) is 36.5 Å². The zero-order valence-corrected chi connectivity index (χ0v) is 59.3. The van der Waals surface area contributed by atoms with Gasteiger partial charge in [-0.2, -0.15) is 0 Å². The number of unbranched alkanes of at least 4 members (excludes halogenated alkanes) is 49. The number of hydrogen-bond acceptors (Lipinski definition) is 13. The second kappa shape index (κ2) is 62.7. The lowest BCUT2D eigenvalue weighted by atomic mass is 9.97. The predicted octanol–water partition coefficient (Wildman–Crippen LogP) is 17.2. The molecule has 1 amide bonds. The Labute approximate surface area is 563 Å². The summed E-state index contributed by atoms with van der Waals surface area (Å²) in [5, 5.41) is 87.5. The molecule has 0 aliphatic carbocycles. The van der Waals surface area contributed by atoms with Crippen LogP contribution in [-0.2, 0) is 23.7 Å². The minimum Gasteiger partial charge on any atom is -0.394 e. The van der Waals surface area contributed by atoms with E-state index in [1.165, 1.54) is 283 Å². The van der Waals surface area contributed by atoms with Crippen molar-refractivity contribution < 1.29 is 64.6 Å². The average molecular weight is 1310 g/mol. The zero-order valence-electron chi connectivity index (χ0n) is 59.3. The predicted molar refractivity (Wildman–Crippen MR) is 378 cm³/mol. The zero-order chi connectivity index (χ0) is 66.6. The Morgan fingerprint density at radius 3 is 1.07 bits per heavy atom. The molecule has 0 aromatic heterocycles. The molecule has 12 atom stereocenters. The summed E-state index contributed by atoms with van der Waals surface area (Å²) < 4.78 is 22.9. The number of amides is 1. The van der Waals surface area contributed by atoms with Gasteiger partial charge >= 0.3 is 0 Å². The number of allylic oxidation sites excluding steroid dienone is 5. The fourth-order valence-electron chi connectivity index (χ4n) is 13.1. The molecule has 542 valence electrons. The smallest absolute Gasteiger partial charge is 0.220 e. The third-order valence-electron chi connectivity index (χ3n) is 19.3. The van der Waals surface area contributed by atoms with Gasteiger partial charge in [0.25, 0.3) is 0 Å². The SMILES string of the molecule is CCCCCCCCCCCCCC/C=C/CC/C=C/CC/C=C/C(O)C(COC1OC(CO)C(OC2OC(CO)C(O)C(O)C2O)C(O)C1O)NC(=O)CCCCCCCCCCCCCCCCCCCCCCCCCCCCCCCCCCCCCC. The topological polar surface area (TPSA) is 228 Å². The second-order valence-electron chi connectivity index (χ2n) is 27.8. The lowest BCUT2D eigenvalue weighted by Gasteiger charge is -2.46. The molecule has 9 N–H and O–H groups in total. The van der Waals surface area contributed by atoms with Crippen LogP contribution in [0.1, 0.15) is 361 Å². The first-order valence-electron chi connectivity index (χ1n) is 39.2. The van der Waals surface area contributed by atoms with E-state index in [0.29, 0.717) is 12.8 Å². The van der Waals surface area contributed by atoms with E-state index in [1.54, 1.807) is 6.08 Å². The summed E-state index contributed by atoms with van der Waals surface area (Å²) in [7, 11) is 0. The molecule has 14 heteroatoms. The number of aliphatic hydroxyl groups is 8. The Kier molecular flexibility index (Phi) is 58.8. The first-order chi connectivity index (χ1) is 45.1. The van der Waals surface area contributed by atoms with E-state index < -0.39 is 86.8 Å². The van der Waals surface area contributed by atoms with Gasteiger partial charge in [0.1, 0.15) is 48.8 Å². The molecule has 0 bridgehead atoms. The lowest BCUT2D eigenvalue weighted by molar-refractivity contribution is -0.359. The van der Waals surface area contributed by atoms with E-state index in [2.05, 4.69) is 43.5 Å². The maximum atomic E-state index is 13.4. The van der Waals surface area contributed by atoms with Crippen LogP contribution in [0, 0.1) is 0 Å². The van der Waals surface area contributed by atoms with Gasteiger partial charge in [-0.3, -0.25) is 4.79 Å². The van der Waals surface area contributed by atoms with Gasteiger partial charge in [-0.15, -0.1) is 0 Å². The fraction of sp³-hybridized carbons (Fsp3) is 0.910. The normalized spacial score (nSPS) is 22.8. The number of ether oxygens (including phenoxy) is 4. The first kappa shape index (κ1) is 86.3. The number of carbonyl (C=O) groups is 1. The largest absolute Gasteiger partial charge is 0.394 e. The van der Waals surface area contributed by atoms with Crippen LogP contribution < -0.4 is 5.32 Å². The molecule has 0 aromatic carbocycles. The average Bonchev–Trinajstić information content (AvgIpc) is 0.866. The Morgan fingerprint density at radius 2 is 0.696 bits per heavy atom. The molecule has 2 rings (SSSR count). The number of rotatable bonds is 66. The molecular weight excluding hydrogens is 1160 g/mol. The number of hydrogen-bond donors (Lipinski definition) is 9. The van der Waals surface area contributed by atoms with Gasteiger partial charge in [-0.25, -0.2) is 0 Å². The highest BCUT2D eigenvalue weighted by Gasteiger charge is 2.51. The quantitative estimate of drug-likeness (QED) is 0.0204. The molecule has 0 spiro atoms. The van der Waals surface area contributed by atoms with Gasteiger partial charge in [0, 0.05) is 6.42 Å². The summed E-state index contributed by atoms with van der Waals surface area (Å²) in [5.74, 6) is -0.246. The molecule has 0 saturated carbocycles. The first-order valence-corrected chi connectivity index (χ1v) is 39.2. The molecule has 2 saturated heterocycles. The van der Waals surface area contributed by atoms with Crippen LogP contribution in [0.15, 0.2) is 36.5 Å². The summed E-state index contributed by atoms with van der Waals surface area (Å²) in [6, 6.07) is -0.937. The summed E-state index contributed by atoms with van der Waals surface area (Å²) in [6.45, 7) is 2.83. The maximum Gasteiger partial charge on any atom is 0.220 e. The lowest BCUT2D eigenvalue weighted by Crippen LogP contribution is -2.65. The van der Waals surface area contributed by atoms with Crippen LogP contribution in [0.2, 0.25) is 0 Å². The van der Waals surface area contributed by atoms with Gasteiger partial charge in [0.15, 0.2) is 12.6 Å². The van der Waals surface area contributed by atoms with E-state index >= 15 is 0 Å². The van der Waals surface area contributed by atoms with Crippen molar-refractivity contribution in [2.45, 2.75) is 434 Å². The van der Waals surface area contributed by atoms with Crippen LogP contribution in [0.3, 0.4) is 0 Å². The summed E-state index contributed by atoms with van der Waals surface area (Å²) in [5.41, 5.74) is 0. The molecule has 2 heterocycles. The highest BCUT2D eigenvalue weighted by Crippen LogP contribution is 2.30.